The first-order valence-corrected chi connectivity index (χ1v) is 7.57. The van der Waals surface area contributed by atoms with E-state index in [1.807, 2.05) is 6.92 Å². The molecule has 3 heterocycles. The molecule has 2 saturated heterocycles. The summed E-state index contributed by atoms with van der Waals surface area (Å²) in [5.74, 6) is -0.0510. The first-order valence-electron chi connectivity index (χ1n) is 6.76. The van der Waals surface area contributed by atoms with Gasteiger partial charge in [-0.1, -0.05) is 0 Å². The van der Waals surface area contributed by atoms with Gasteiger partial charge >= 0.3 is 6.03 Å². The quantitative estimate of drug-likeness (QED) is 0.853. The average molecular weight is 295 g/mol. The molecule has 0 bridgehead atoms. The molecule has 0 radical (unpaired) electrons. The SMILES string of the molecule is Cc1ncc(CN2C(=O)NC(C3CCCOC3)C2=O)s1. The number of aryl methyl sites for hydroxylation is 1. The van der Waals surface area contributed by atoms with Gasteiger partial charge in [0, 0.05) is 23.6 Å². The van der Waals surface area contributed by atoms with Crippen molar-refractivity contribution in [2.75, 3.05) is 13.2 Å². The Morgan fingerprint density at radius 2 is 2.40 bits per heavy atom. The van der Waals surface area contributed by atoms with Crippen LogP contribution in [0.15, 0.2) is 6.20 Å². The Hall–Kier alpha value is -1.47. The molecule has 2 aliphatic rings. The molecule has 3 amide bonds. The van der Waals surface area contributed by atoms with Gasteiger partial charge in [-0.25, -0.2) is 9.78 Å². The van der Waals surface area contributed by atoms with Gasteiger partial charge in [-0.15, -0.1) is 11.3 Å². The predicted molar refractivity (Wildman–Crippen MR) is 73.3 cm³/mol. The van der Waals surface area contributed by atoms with Gasteiger partial charge in [0.25, 0.3) is 5.91 Å². The number of thiazole rings is 1. The Kier molecular flexibility index (Phi) is 3.71. The lowest BCUT2D eigenvalue weighted by molar-refractivity contribution is -0.130. The minimum atomic E-state index is -0.434. The molecule has 1 N–H and O–H groups in total. The highest BCUT2D eigenvalue weighted by molar-refractivity contribution is 7.11. The fourth-order valence-corrected chi connectivity index (χ4v) is 3.46. The standard InChI is InChI=1S/C13H17N3O3S/c1-8-14-5-10(20-8)6-16-12(17)11(15-13(16)18)9-3-2-4-19-7-9/h5,9,11H,2-4,6-7H2,1H3,(H,15,18). The van der Waals surface area contributed by atoms with Crippen molar-refractivity contribution in [1.29, 1.82) is 0 Å². The number of amides is 3. The first-order chi connectivity index (χ1) is 9.65. The topological polar surface area (TPSA) is 71.5 Å². The zero-order chi connectivity index (χ0) is 14.1. The highest BCUT2D eigenvalue weighted by atomic mass is 32.1. The number of nitrogens with one attached hydrogen (secondary N) is 1. The van der Waals surface area contributed by atoms with Gasteiger partial charge in [-0.3, -0.25) is 9.69 Å². The van der Waals surface area contributed by atoms with Crippen LogP contribution in [0.5, 0.6) is 0 Å². The van der Waals surface area contributed by atoms with Crippen LogP contribution in [0.3, 0.4) is 0 Å². The summed E-state index contributed by atoms with van der Waals surface area (Å²) in [7, 11) is 0. The monoisotopic (exact) mass is 295 g/mol. The van der Waals surface area contributed by atoms with Crippen molar-refractivity contribution >= 4 is 23.3 Å². The molecule has 0 aromatic carbocycles. The molecular formula is C13H17N3O3S. The highest BCUT2D eigenvalue weighted by Crippen LogP contribution is 2.24. The number of carbonyl (C=O) groups is 2. The van der Waals surface area contributed by atoms with Crippen molar-refractivity contribution in [3.63, 3.8) is 0 Å². The zero-order valence-corrected chi connectivity index (χ0v) is 12.1. The van der Waals surface area contributed by atoms with Gasteiger partial charge < -0.3 is 10.1 Å². The molecular weight excluding hydrogens is 278 g/mol. The molecule has 3 rings (SSSR count). The Bertz CT molecular complexity index is 525. The molecule has 2 fully saturated rings. The van der Waals surface area contributed by atoms with Gasteiger partial charge in [0.2, 0.25) is 0 Å². The lowest BCUT2D eigenvalue weighted by Crippen LogP contribution is -2.41. The number of carbonyl (C=O) groups excluding carboxylic acids is 2. The fraction of sp³-hybridized carbons (Fsp3) is 0.615. The first kappa shape index (κ1) is 13.5. The second kappa shape index (κ2) is 5.49. The summed E-state index contributed by atoms with van der Waals surface area (Å²) in [5, 5.41) is 3.73. The predicted octanol–water partition coefficient (Wildman–Crippen LogP) is 1.30. The number of aromatic nitrogens is 1. The van der Waals surface area contributed by atoms with E-state index in [0.717, 1.165) is 29.3 Å². The van der Waals surface area contributed by atoms with Crippen LogP contribution in [-0.2, 0) is 16.1 Å². The molecule has 2 aliphatic heterocycles. The van der Waals surface area contributed by atoms with E-state index in [2.05, 4.69) is 10.3 Å². The van der Waals surface area contributed by atoms with Gasteiger partial charge in [0.15, 0.2) is 0 Å². The number of hydrogen-bond donors (Lipinski definition) is 1. The van der Waals surface area contributed by atoms with E-state index < -0.39 is 6.04 Å². The van der Waals surface area contributed by atoms with E-state index in [1.54, 1.807) is 6.20 Å². The van der Waals surface area contributed by atoms with Crippen molar-refractivity contribution < 1.29 is 14.3 Å². The molecule has 7 heteroatoms. The lowest BCUT2D eigenvalue weighted by atomic mass is 9.94. The number of imide groups is 1. The van der Waals surface area contributed by atoms with Crippen molar-refractivity contribution in [2.45, 2.75) is 32.4 Å². The molecule has 1 aromatic heterocycles. The summed E-state index contributed by atoms with van der Waals surface area (Å²) in [6.45, 7) is 3.50. The van der Waals surface area contributed by atoms with Crippen LogP contribution < -0.4 is 5.32 Å². The molecule has 0 spiro atoms. The summed E-state index contributed by atoms with van der Waals surface area (Å²) in [6.07, 6.45) is 3.58. The second-order valence-corrected chi connectivity index (χ2v) is 6.49. The maximum absolute atomic E-state index is 12.4. The number of hydrogen-bond acceptors (Lipinski definition) is 5. The van der Waals surface area contributed by atoms with Gasteiger partial charge in [0.1, 0.15) is 6.04 Å². The Labute approximate surface area is 121 Å². The van der Waals surface area contributed by atoms with Crippen LogP contribution in [0.1, 0.15) is 22.7 Å². The summed E-state index contributed by atoms with van der Waals surface area (Å²) in [6, 6.07) is -0.742. The van der Waals surface area contributed by atoms with Crippen molar-refractivity contribution in [1.82, 2.24) is 15.2 Å². The van der Waals surface area contributed by atoms with Crippen molar-refractivity contribution in [2.24, 2.45) is 5.92 Å². The second-order valence-electron chi connectivity index (χ2n) is 5.17. The third-order valence-corrected chi connectivity index (χ3v) is 4.60. The maximum Gasteiger partial charge on any atom is 0.325 e. The van der Waals surface area contributed by atoms with Gasteiger partial charge in [-0.05, 0) is 19.8 Å². The third-order valence-electron chi connectivity index (χ3n) is 3.71. The third kappa shape index (κ3) is 2.55. The van der Waals surface area contributed by atoms with Crippen molar-refractivity contribution in [3.05, 3.63) is 16.1 Å². The maximum atomic E-state index is 12.4. The molecule has 2 atom stereocenters. The summed E-state index contributed by atoms with van der Waals surface area (Å²) in [4.78, 5) is 30.7. The number of ether oxygens (including phenoxy) is 1. The smallest absolute Gasteiger partial charge is 0.325 e. The number of rotatable bonds is 3. The average Bonchev–Trinajstić information content (AvgIpc) is 2.98. The van der Waals surface area contributed by atoms with E-state index in [-0.39, 0.29) is 17.9 Å². The molecule has 6 nitrogen and oxygen atoms in total. The van der Waals surface area contributed by atoms with Crippen LogP contribution in [0, 0.1) is 12.8 Å². The van der Waals surface area contributed by atoms with Crippen LogP contribution in [-0.4, -0.2) is 41.1 Å². The molecule has 0 saturated carbocycles. The van der Waals surface area contributed by atoms with E-state index in [9.17, 15) is 9.59 Å². The Morgan fingerprint density at radius 1 is 1.55 bits per heavy atom. The summed E-state index contributed by atoms with van der Waals surface area (Å²) >= 11 is 1.51. The van der Waals surface area contributed by atoms with E-state index >= 15 is 0 Å². The van der Waals surface area contributed by atoms with E-state index in [0.29, 0.717) is 13.2 Å². The summed E-state index contributed by atoms with van der Waals surface area (Å²) in [5.41, 5.74) is 0. The minimum absolute atomic E-state index is 0.0911. The zero-order valence-electron chi connectivity index (χ0n) is 11.3. The molecule has 20 heavy (non-hydrogen) atoms. The number of nitrogens with zero attached hydrogens (tertiary/aromatic N) is 2. The van der Waals surface area contributed by atoms with Crippen LogP contribution >= 0.6 is 11.3 Å². The van der Waals surface area contributed by atoms with Gasteiger partial charge in [-0.2, -0.15) is 0 Å². The van der Waals surface area contributed by atoms with Crippen LogP contribution in [0.4, 0.5) is 4.79 Å². The van der Waals surface area contributed by atoms with Gasteiger partial charge in [0.05, 0.1) is 18.2 Å². The minimum Gasteiger partial charge on any atom is -0.381 e. The molecule has 1 aromatic rings. The lowest BCUT2D eigenvalue weighted by Gasteiger charge is -2.25. The van der Waals surface area contributed by atoms with Crippen molar-refractivity contribution in [3.8, 4) is 0 Å². The molecule has 2 unspecified atom stereocenters. The van der Waals surface area contributed by atoms with E-state index in [4.69, 9.17) is 4.74 Å². The highest BCUT2D eigenvalue weighted by Gasteiger charge is 2.42. The Morgan fingerprint density at radius 3 is 3.05 bits per heavy atom. The molecule has 0 aliphatic carbocycles. The van der Waals surface area contributed by atoms with Crippen LogP contribution in [0.25, 0.3) is 0 Å². The fourth-order valence-electron chi connectivity index (χ4n) is 2.67. The number of urea groups is 1. The van der Waals surface area contributed by atoms with E-state index in [1.165, 1.54) is 16.2 Å². The normalized spacial score (nSPS) is 26.9. The summed E-state index contributed by atoms with van der Waals surface area (Å²) < 4.78 is 5.40. The largest absolute Gasteiger partial charge is 0.381 e. The van der Waals surface area contributed by atoms with Crippen LogP contribution in [0.2, 0.25) is 0 Å². The molecule has 108 valence electrons. The Balaban J connectivity index is 1.69.